The predicted molar refractivity (Wildman–Crippen MR) is 91.7 cm³/mol. The number of hydrogen-bond acceptors (Lipinski definition) is 4. The normalized spacial score (nSPS) is 20.6. The minimum atomic E-state index is -0.759. The third kappa shape index (κ3) is 4.15. The van der Waals surface area contributed by atoms with Crippen LogP contribution in [0.4, 0.5) is 4.39 Å². The number of aromatic hydroxyl groups is 1. The number of likely N-dealkylation sites (tertiary alicyclic amines) is 1. The highest BCUT2D eigenvalue weighted by molar-refractivity contribution is 5.97. The Morgan fingerprint density at radius 2 is 1.96 bits per heavy atom. The topological polar surface area (TPSA) is 72.8 Å². The number of carbonyl (C=O) groups is 1. The smallest absolute Gasteiger partial charge is 0.258 e. The molecule has 0 radical (unpaired) electrons. The molecule has 25 heavy (non-hydrogen) atoms. The van der Waals surface area contributed by atoms with Gasteiger partial charge in [-0.05, 0) is 24.1 Å². The maximum Gasteiger partial charge on any atom is 0.258 e. The number of phenols is 1. The fourth-order valence-corrected chi connectivity index (χ4v) is 3.22. The van der Waals surface area contributed by atoms with E-state index in [1.165, 1.54) is 12.1 Å². The number of benzene rings is 2. The third-order valence-corrected chi connectivity index (χ3v) is 4.45. The van der Waals surface area contributed by atoms with Crippen LogP contribution in [0.15, 0.2) is 48.5 Å². The van der Waals surface area contributed by atoms with Gasteiger partial charge in [-0.25, -0.2) is 4.39 Å². The molecular formula is C19H21FN2O3. The molecule has 2 aromatic rings. The zero-order chi connectivity index (χ0) is 17.8. The van der Waals surface area contributed by atoms with Gasteiger partial charge in [0.15, 0.2) is 0 Å². The average molecular weight is 344 g/mol. The van der Waals surface area contributed by atoms with Crippen molar-refractivity contribution in [2.24, 2.45) is 0 Å². The number of nitrogens with zero attached hydrogens (tertiary/aromatic N) is 1. The van der Waals surface area contributed by atoms with Crippen LogP contribution in [0, 0.1) is 5.82 Å². The Balaban J connectivity index is 1.64. The van der Waals surface area contributed by atoms with E-state index in [0.717, 1.165) is 11.6 Å². The van der Waals surface area contributed by atoms with Gasteiger partial charge in [0.2, 0.25) is 0 Å². The molecule has 0 unspecified atom stereocenters. The van der Waals surface area contributed by atoms with Gasteiger partial charge >= 0.3 is 0 Å². The molecule has 132 valence electrons. The highest BCUT2D eigenvalue weighted by atomic mass is 19.1. The first kappa shape index (κ1) is 17.4. The van der Waals surface area contributed by atoms with Crippen LogP contribution in [-0.4, -0.2) is 46.3 Å². The van der Waals surface area contributed by atoms with Gasteiger partial charge in [-0.3, -0.25) is 9.69 Å². The number of aliphatic hydroxyl groups excluding tert-OH is 1. The second-order valence-corrected chi connectivity index (χ2v) is 6.30. The van der Waals surface area contributed by atoms with E-state index in [1.807, 2.05) is 30.3 Å². The van der Waals surface area contributed by atoms with Crippen molar-refractivity contribution in [1.82, 2.24) is 10.2 Å². The molecule has 0 bridgehead atoms. The molecule has 5 nitrogen and oxygen atoms in total. The lowest BCUT2D eigenvalue weighted by atomic mass is 10.1. The lowest BCUT2D eigenvalue weighted by molar-refractivity contribution is 0.0933. The summed E-state index contributed by atoms with van der Waals surface area (Å²) in [7, 11) is 0. The summed E-state index contributed by atoms with van der Waals surface area (Å²) in [6, 6.07) is 13.6. The Morgan fingerprint density at radius 3 is 2.68 bits per heavy atom. The first-order chi connectivity index (χ1) is 12.0. The van der Waals surface area contributed by atoms with Gasteiger partial charge in [0.1, 0.15) is 17.1 Å². The molecule has 1 fully saturated rings. The maximum absolute atomic E-state index is 13.8. The zero-order valence-electron chi connectivity index (χ0n) is 13.7. The fraction of sp³-hybridized carbons (Fsp3) is 0.316. The number of nitrogens with one attached hydrogen (secondary N) is 1. The van der Waals surface area contributed by atoms with Gasteiger partial charge in [-0.2, -0.15) is 0 Å². The van der Waals surface area contributed by atoms with E-state index in [0.29, 0.717) is 19.5 Å². The van der Waals surface area contributed by atoms with E-state index in [-0.39, 0.29) is 23.9 Å². The Kier molecular flexibility index (Phi) is 5.31. The molecule has 1 amide bonds. The van der Waals surface area contributed by atoms with E-state index in [9.17, 15) is 19.4 Å². The summed E-state index contributed by atoms with van der Waals surface area (Å²) in [5, 5.41) is 22.3. The Morgan fingerprint density at radius 1 is 1.20 bits per heavy atom. The zero-order valence-corrected chi connectivity index (χ0v) is 13.7. The van der Waals surface area contributed by atoms with Gasteiger partial charge in [0.25, 0.3) is 5.91 Å². The Labute approximate surface area is 145 Å². The molecule has 1 aliphatic rings. The molecule has 1 heterocycles. The molecule has 0 spiro atoms. The standard InChI is InChI=1S/C19H21FN2O3/c20-16-7-4-8-17(24)18(16)19(25)21-10-14-9-15(23)12-22(14)11-13-5-2-1-3-6-13/h1-8,14-15,23-24H,9-12H2,(H,21,25)/t14-,15+/m0/s1. The number of halogens is 1. The molecule has 0 saturated carbocycles. The van der Waals surface area contributed by atoms with Crippen molar-refractivity contribution in [3.8, 4) is 5.75 Å². The van der Waals surface area contributed by atoms with Crippen LogP contribution in [0.2, 0.25) is 0 Å². The van der Waals surface area contributed by atoms with Gasteiger partial charge in [0.05, 0.1) is 6.10 Å². The molecule has 2 aromatic carbocycles. The summed E-state index contributed by atoms with van der Waals surface area (Å²) in [4.78, 5) is 14.3. The van der Waals surface area contributed by atoms with Gasteiger partial charge in [-0.1, -0.05) is 36.4 Å². The molecule has 2 atom stereocenters. The highest BCUT2D eigenvalue weighted by Gasteiger charge is 2.31. The van der Waals surface area contributed by atoms with Crippen molar-refractivity contribution in [2.75, 3.05) is 13.1 Å². The third-order valence-electron chi connectivity index (χ3n) is 4.45. The van der Waals surface area contributed by atoms with Gasteiger partial charge in [0, 0.05) is 25.7 Å². The SMILES string of the molecule is O=C(NC[C@@H]1C[C@@H](O)CN1Cc1ccccc1)c1c(O)cccc1F. The number of carbonyl (C=O) groups excluding carboxylic acids is 1. The number of amides is 1. The molecule has 6 heteroatoms. The molecule has 3 N–H and O–H groups in total. The van der Waals surface area contributed by atoms with E-state index in [4.69, 9.17) is 0 Å². The summed E-state index contributed by atoms with van der Waals surface area (Å²) >= 11 is 0. The van der Waals surface area contributed by atoms with Crippen LogP contribution < -0.4 is 5.32 Å². The van der Waals surface area contributed by atoms with Crippen LogP contribution >= 0.6 is 0 Å². The van der Waals surface area contributed by atoms with Crippen LogP contribution in [-0.2, 0) is 6.54 Å². The molecule has 0 aliphatic carbocycles. The van der Waals surface area contributed by atoms with Crippen LogP contribution in [0.5, 0.6) is 5.75 Å². The largest absolute Gasteiger partial charge is 0.507 e. The Bertz CT molecular complexity index is 718. The second kappa shape index (κ2) is 7.63. The van der Waals surface area contributed by atoms with Gasteiger partial charge in [-0.15, -0.1) is 0 Å². The van der Waals surface area contributed by atoms with Crippen LogP contribution in [0.3, 0.4) is 0 Å². The molecular weight excluding hydrogens is 323 g/mol. The second-order valence-electron chi connectivity index (χ2n) is 6.30. The summed E-state index contributed by atoms with van der Waals surface area (Å²) in [5.74, 6) is -1.80. The summed E-state index contributed by atoms with van der Waals surface area (Å²) in [5.41, 5.74) is 0.773. The lowest BCUT2D eigenvalue weighted by Crippen LogP contribution is -2.40. The van der Waals surface area contributed by atoms with Crippen molar-refractivity contribution >= 4 is 5.91 Å². The molecule has 1 aliphatic heterocycles. The maximum atomic E-state index is 13.8. The van der Waals surface area contributed by atoms with Crippen molar-refractivity contribution in [2.45, 2.75) is 25.1 Å². The number of rotatable bonds is 5. The number of hydrogen-bond donors (Lipinski definition) is 3. The number of aliphatic hydroxyl groups is 1. The molecule has 0 aromatic heterocycles. The Hall–Kier alpha value is -2.44. The summed E-state index contributed by atoms with van der Waals surface area (Å²) < 4.78 is 13.8. The van der Waals surface area contributed by atoms with Crippen LogP contribution in [0.25, 0.3) is 0 Å². The van der Waals surface area contributed by atoms with E-state index in [1.54, 1.807) is 0 Å². The molecule has 1 saturated heterocycles. The van der Waals surface area contributed by atoms with Crippen molar-refractivity contribution in [3.63, 3.8) is 0 Å². The first-order valence-corrected chi connectivity index (χ1v) is 8.26. The minimum Gasteiger partial charge on any atom is -0.507 e. The monoisotopic (exact) mass is 344 g/mol. The quantitative estimate of drug-likeness (QED) is 0.775. The fourth-order valence-electron chi connectivity index (χ4n) is 3.22. The van der Waals surface area contributed by atoms with E-state index >= 15 is 0 Å². The lowest BCUT2D eigenvalue weighted by Gasteiger charge is -2.24. The molecule has 3 rings (SSSR count). The highest BCUT2D eigenvalue weighted by Crippen LogP contribution is 2.22. The van der Waals surface area contributed by atoms with Crippen molar-refractivity contribution in [1.29, 1.82) is 0 Å². The van der Waals surface area contributed by atoms with Gasteiger partial charge < -0.3 is 15.5 Å². The number of β-amino-alcohol motifs (C(OH)–C–C–N with tert-alkyl or cyclic N) is 1. The van der Waals surface area contributed by atoms with Crippen molar-refractivity contribution < 1.29 is 19.4 Å². The minimum absolute atomic E-state index is 0.0481. The predicted octanol–water partition coefficient (Wildman–Crippen LogP) is 1.90. The van der Waals surface area contributed by atoms with Crippen molar-refractivity contribution in [3.05, 3.63) is 65.5 Å². The average Bonchev–Trinajstić information content (AvgIpc) is 2.93. The first-order valence-electron chi connectivity index (χ1n) is 8.26. The number of phenolic OH excluding ortho intramolecular Hbond substituents is 1. The van der Waals surface area contributed by atoms with Crippen LogP contribution in [0.1, 0.15) is 22.3 Å². The van der Waals surface area contributed by atoms with E-state index < -0.39 is 17.8 Å². The summed E-state index contributed by atoms with van der Waals surface area (Å²) in [6.07, 6.45) is 0.0867. The summed E-state index contributed by atoms with van der Waals surface area (Å²) in [6.45, 7) is 1.47. The van der Waals surface area contributed by atoms with E-state index in [2.05, 4.69) is 10.2 Å².